The minimum atomic E-state index is 0. The number of carbonyl (C=O) groups is 1. The van der Waals surface area contributed by atoms with Gasteiger partial charge in [0.15, 0.2) is 0 Å². The van der Waals surface area contributed by atoms with Crippen LogP contribution in [0.5, 0.6) is 0 Å². The molecule has 1 aromatic heterocycles. The molecular formula is C22H22Cl2N4O. The van der Waals surface area contributed by atoms with Crippen molar-refractivity contribution in [3.63, 3.8) is 0 Å². The van der Waals surface area contributed by atoms with Gasteiger partial charge >= 0.3 is 0 Å². The van der Waals surface area contributed by atoms with Crippen LogP contribution in [0, 0.1) is 0 Å². The zero-order chi connectivity index (χ0) is 19.3. The Morgan fingerprint density at radius 1 is 1.00 bits per heavy atom. The summed E-state index contributed by atoms with van der Waals surface area (Å²) in [6, 6.07) is 17.6. The van der Waals surface area contributed by atoms with E-state index in [9.17, 15) is 4.79 Å². The van der Waals surface area contributed by atoms with E-state index in [1.54, 1.807) is 12.3 Å². The van der Waals surface area contributed by atoms with Crippen LogP contribution in [0.25, 0.3) is 11.8 Å². The first-order valence-corrected chi connectivity index (χ1v) is 9.65. The van der Waals surface area contributed by atoms with Crippen LogP contribution >= 0.6 is 24.0 Å². The summed E-state index contributed by atoms with van der Waals surface area (Å²) in [4.78, 5) is 21.1. The third kappa shape index (κ3) is 5.00. The van der Waals surface area contributed by atoms with Crippen molar-refractivity contribution >= 4 is 41.9 Å². The summed E-state index contributed by atoms with van der Waals surface area (Å²) in [5.74, 6) is 0.913. The van der Waals surface area contributed by atoms with E-state index in [2.05, 4.69) is 9.88 Å². The van der Waals surface area contributed by atoms with Gasteiger partial charge in [0, 0.05) is 55.4 Å². The van der Waals surface area contributed by atoms with E-state index in [1.807, 2.05) is 76.3 Å². The lowest BCUT2D eigenvalue weighted by atomic mass is 10.2. The lowest BCUT2D eigenvalue weighted by Gasteiger charge is -2.35. The van der Waals surface area contributed by atoms with E-state index in [4.69, 9.17) is 11.6 Å². The first kappa shape index (κ1) is 21.0. The molecule has 4 rings (SSSR count). The van der Waals surface area contributed by atoms with Crippen molar-refractivity contribution in [2.75, 3.05) is 31.1 Å². The summed E-state index contributed by atoms with van der Waals surface area (Å²) >= 11 is 6.13. The molecule has 2 heterocycles. The quantitative estimate of drug-likeness (QED) is 0.581. The summed E-state index contributed by atoms with van der Waals surface area (Å²) in [6.07, 6.45) is 7.23. The minimum Gasteiger partial charge on any atom is -0.338 e. The molecule has 7 heteroatoms. The predicted molar refractivity (Wildman–Crippen MR) is 120 cm³/mol. The van der Waals surface area contributed by atoms with Crippen molar-refractivity contribution in [1.82, 2.24) is 14.5 Å². The van der Waals surface area contributed by atoms with Crippen molar-refractivity contribution in [3.05, 3.63) is 83.7 Å². The molecule has 0 bridgehead atoms. The van der Waals surface area contributed by atoms with Crippen LogP contribution in [-0.4, -0.2) is 46.5 Å². The highest BCUT2D eigenvalue weighted by Crippen LogP contribution is 2.22. The van der Waals surface area contributed by atoms with Gasteiger partial charge in [-0.2, -0.15) is 0 Å². The fraction of sp³-hybridized carbons (Fsp3) is 0.182. The van der Waals surface area contributed by atoms with Gasteiger partial charge < -0.3 is 9.80 Å². The number of nitrogens with zero attached hydrogens (tertiary/aromatic N) is 4. The molecule has 1 aliphatic heterocycles. The molecule has 0 aliphatic carbocycles. The van der Waals surface area contributed by atoms with Crippen LogP contribution in [-0.2, 0) is 4.79 Å². The predicted octanol–water partition coefficient (Wildman–Crippen LogP) is 4.31. The molecule has 1 saturated heterocycles. The Labute approximate surface area is 181 Å². The molecule has 5 nitrogen and oxygen atoms in total. The number of anilines is 1. The number of imidazole rings is 1. The molecule has 2 aromatic carbocycles. The Bertz CT molecular complexity index is 979. The van der Waals surface area contributed by atoms with Crippen molar-refractivity contribution in [2.24, 2.45) is 0 Å². The molecular weight excluding hydrogens is 407 g/mol. The summed E-state index contributed by atoms with van der Waals surface area (Å²) in [5, 5.41) is 0.692. The lowest BCUT2D eigenvalue weighted by Crippen LogP contribution is -2.49. The number of aromatic nitrogens is 2. The monoisotopic (exact) mass is 428 g/mol. The van der Waals surface area contributed by atoms with Crippen molar-refractivity contribution in [1.29, 1.82) is 0 Å². The Kier molecular flexibility index (Phi) is 6.96. The Balaban J connectivity index is 0.00000240. The molecule has 0 atom stereocenters. The van der Waals surface area contributed by atoms with Gasteiger partial charge in [-0.3, -0.25) is 9.36 Å². The van der Waals surface area contributed by atoms with E-state index < -0.39 is 0 Å². The normalized spacial score (nSPS) is 14.1. The molecule has 1 fully saturated rings. The summed E-state index contributed by atoms with van der Waals surface area (Å²) in [6.45, 7) is 2.81. The van der Waals surface area contributed by atoms with Gasteiger partial charge in [-0.05, 0) is 29.8 Å². The standard InChI is InChI=1S/C22H21ClN4O.ClH/c23-19-7-4-8-20(17-19)27-12-11-24-22(27)26-15-13-25(14-16-26)21(28)10-9-18-5-2-1-3-6-18;/h1-12,17H,13-16H2;1H/b10-9-;. The minimum absolute atomic E-state index is 0. The maximum atomic E-state index is 12.5. The zero-order valence-corrected chi connectivity index (χ0v) is 17.4. The molecule has 150 valence electrons. The van der Waals surface area contributed by atoms with Crippen LogP contribution in [0.2, 0.25) is 5.02 Å². The van der Waals surface area contributed by atoms with Crippen LogP contribution in [0.1, 0.15) is 5.56 Å². The van der Waals surface area contributed by atoms with Crippen LogP contribution < -0.4 is 4.90 Å². The van der Waals surface area contributed by atoms with Gasteiger partial charge in [0.1, 0.15) is 0 Å². The Morgan fingerprint density at radius 2 is 1.76 bits per heavy atom. The average Bonchev–Trinajstić information content (AvgIpc) is 3.23. The first-order chi connectivity index (χ1) is 13.7. The number of benzene rings is 2. The van der Waals surface area contributed by atoms with Gasteiger partial charge in [-0.25, -0.2) is 4.98 Å². The van der Waals surface area contributed by atoms with Gasteiger partial charge in [-0.1, -0.05) is 48.0 Å². The van der Waals surface area contributed by atoms with Crippen LogP contribution in [0.4, 0.5) is 5.95 Å². The molecule has 1 amide bonds. The third-order valence-corrected chi connectivity index (χ3v) is 5.03. The number of hydrogen-bond donors (Lipinski definition) is 0. The average molecular weight is 429 g/mol. The number of hydrogen-bond acceptors (Lipinski definition) is 3. The fourth-order valence-electron chi connectivity index (χ4n) is 3.32. The van der Waals surface area contributed by atoms with Gasteiger partial charge in [0.2, 0.25) is 11.9 Å². The van der Waals surface area contributed by atoms with Crippen molar-refractivity contribution in [2.45, 2.75) is 0 Å². The van der Waals surface area contributed by atoms with E-state index in [-0.39, 0.29) is 18.3 Å². The summed E-state index contributed by atoms with van der Waals surface area (Å²) in [7, 11) is 0. The molecule has 0 radical (unpaired) electrons. The highest BCUT2D eigenvalue weighted by atomic mass is 35.5. The maximum absolute atomic E-state index is 12.5. The first-order valence-electron chi connectivity index (χ1n) is 9.27. The number of amides is 1. The van der Waals surface area contributed by atoms with E-state index in [0.717, 1.165) is 30.3 Å². The highest BCUT2D eigenvalue weighted by Gasteiger charge is 2.22. The molecule has 29 heavy (non-hydrogen) atoms. The molecule has 3 aromatic rings. The van der Waals surface area contributed by atoms with Crippen molar-refractivity contribution in [3.8, 4) is 5.69 Å². The molecule has 0 unspecified atom stereocenters. The largest absolute Gasteiger partial charge is 0.338 e. The number of carbonyl (C=O) groups excluding carboxylic acids is 1. The second-order valence-corrected chi connectivity index (χ2v) is 7.07. The maximum Gasteiger partial charge on any atom is 0.246 e. The topological polar surface area (TPSA) is 41.4 Å². The number of piperazine rings is 1. The SMILES string of the molecule is Cl.O=C(/C=C\c1ccccc1)N1CCN(c2nccn2-c2cccc(Cl)c2)CC1. The van der Waals surface area contributed by atoms with Crippen LogP contribution in [0.3, 0.4) is 0 Å². The zero-order valence-electron chi connectivity index (χ0n) is 15.8. The lowest BCUT2D eigenvalue weighted by molar-refractivity contribution is -0.126. The van der Waals surface area contributed by atoms with E-state index in [1.165, 1.54) is 0 Å². The Morgan fingerprint density at radius 3 is 2.48 bits per heavy atom. The van der Waals surface area contributed by atoms with Crippen LogP contribution in [0.15, 0.2) is 73.1 Å². The highest BCUT2D eigenvalue weighted by molar-refractivity contribution is 6.30. The number of rotatable bonds is 4. The smallest absolute Gasteiger partial charge is 0.246 e. The molecule has 0 N–H and O–H groups in total. The fourth-order valence-corrected chi connectivity index (χ4v) is 3.51. The van der Waals surface area contributed by atoms with Gasteiger partial charge in [-0.15, -0.1) is 12.4 Å². The molecule has 0 saturated carbocycles. The molecule has 0 spiro atoms. The Hall–Kier alpha value is -2.76. The summed E-state index contributed by atoms with van der Waals surface area (Å²) in [5.41, 5.74) is 2.00. The van der Waals surface area contributed by atoms with E-state index >= 15 is 0 Å². The summed E-state index contributed by atoms with van der Waals surface area (Å²) < 4.78 is 2.03. The van der Waals surface area contributed by atoms with E-state index in [0.29, 0.717) is 18.1 Å². The second kappa shape index (κ2) is 9.63. The van der Waals surface area contributed by atoms with Crippen molar-refractivity contribution < 1.29 is 4.79 Å². The third-order valence-electron chi connectivity index (χ3n) is 4.80. The van der Waals surface area contributed by atoms with Gasteiger partial charge in [0.25, 0.3) is 0 Å². The second-order valence-electron chi connectivity index (χ2n) is 6.63. The van der Waals surface area contributed by atoms with Gasteiger partial charge in [0.05, 0.1) is 0 Å². The number of halogens is 2. The molecule has 1 aliphatic rings.